The summed E-state index contributed by atoms with van der Waals surface area (Å²) in [6.45, 7) is 2.17. The van der Waals surface area contributed by atoms with Crippen molar-refractivity contribution in [2.45, 2.75) is 6.92 Å². The standard InChI is InChI=1S/C17H16N2O2/c1-12-4-9-16(20)15(11-12)17(21)19-14-7-5-13(6-8-14)3-2-10-18/h4-9,11,20H,10,18H2,1H3,(H,19,21). The Balaban J connectivity index is 2.14. The summed E-state index contributed by atoms with van der Waals surface area (Å²) in [5.74, 6) is 5.28. The number of amides is 1. The van der Waals surface area contributed by atoms with Crippen molar-refractivity contribution in [3.63, 3.8) is 0 Å². The molecule has 0 bridgehead atoms. The van der Waals surface area contributed by atoms with Crippen LogP contribution in [0.15, 0.2) is 42.5 Å². The Kier molecular flexibility index (Phi) is 4.60. The quantitative estimate of drug-likeness (QED) is 0.739. The molecule has 0 aliphatic heterocycles. The Morgan fingerprint density at radius 2 is 1.95 bits per heavy atom. The van der Waals surface area contributed by atoms with Crippen LogP contribution in [0, 0.1) is 18.8 Å². The lowest BCUT2D eigenvalue weighted by molar-refractivity contribution is 0.102. The van der Waals surface area contributed by atoms with Gasteiger partial charge in [0.1, 0.15) is 5.75 Å². The maximum atomic E-state index is 12.1. The molecule has 1 amide bonds. The first-order valence-corrected chi connectivity index (χ1v) is 6.50. The van der Waals surface area contributed by atoms with E-state index in [0.29, 0.717) is 12.2 Å². The van der Waals surface area contributed by atoms with Gasteiger partial charge in [0.2, 0.25) is 0 Å². The number of nitrogens with two attached hydrogens (primary N) is 1. The van der Waals surface area contributed by atoms with Gasteiger partial charge in [-0.2, -0.15) is 0 Å². The fourth-order valence-corrected chi connectivity index (χ4v) is 1.82. The van der Waals surface area contributed by atoms with Crippen LogP contribution in [-0.4, -0.2) is 17.6 Å². The predicted molar refractivity (Wildman–Crippen MR) is 83.2 cm³/mol. The van der Waals surface area contributed by atoms with Gasteiger partial charge in [0.15, 0.2) is 0 Å². The molecule has 4 heteroatoms. The first kappa shape index (κ1) is 14.6. The Bertz CT molecular complexity index is 710. The zero-order chi connectivity index (χ0) is 15.2. The Labute approximate surface area is 123 Å². The Morgan fingerprint density at radius 1 is 1.24 bits per heavy atom. The number of anilines is 1. The summed E-state index contributed by atoms with van der Waals surface area (Å²) < 4.78 is 0. The molecule has 0 radical (unpaired) electrons. The molecular weight excluding hydrogens is 264 g/mol. The molecule has 0 aliphatic carbocycles. The number of benzene rings is 2. The van der Waals surface area contributed by atoms with Crippen LogP contribution in [0.3, 0.4) is 0 Å². The molecule has 2 aromatic carbocycles. The van der Waals surface area contributed by atoms with Crippen LogP contribution in [0.2, 0.25) is 0 Å². The van der Waals surface area contributed by atoms with Crippen molar-refractivity contribution in [1.29, 1.82) is 0 Å². The predicted octanol–water partition coefficient (Wildman–Crippen LogP) is 2.26. The topological polar surface area (TPSA) is 75.3 Å². The molecule has 2 aromatic rings. The zero-order valence-electron chi connectivity index (χ0n) is 11.7. The molecule has 0 fully saturated rings. The molecule has 0 spiro atoms. The van der Waals surface area contributed by atoms with Gasteiger partial charge in [-0.05, 0) is 43.3 Å². The van der Waals surface area contributed by atoms with Gasteiger partial charge in [-0.15, -0.1) is 0 Å². The number of aromatic hydroxyl groups is 1. The average Bonchev–Trinajstić information content (AvgIpc) is 2.49. The average molecular weight is 280 g/mol. The van der Waals surface area contributed by atoms with Gasteiger partial charge in [-0.1, -0.05) is 23.5 Å². The number of carbonyl (C=O) groups is 1. The van der Waals surface area contributed by atoms with Gasteiger partial charge in [0.05, 0.1) is 12.1 Å². The molecule has 0 saturated carbocycles. The van der Waals surface area contributed by atoms with Crippen molar-refractivity contribution in [1.82, 2.24) is 0 Å². The van der Waals surface area contributed by atoms with Crippen molar-refractivity contribution in [3.05, 3.63) is 59.2 Å². The fourth-order valence-electron chi connectivity index (χ4n) is 1.82. The van der Waals surface area contributed by atoms with Crippen LogP contribution < -0.4 is 11.1 Å². The molecule has 4 nitrogen and oxygen atoms in total. The van der Waals surface area contributed by atoms with E-state index in [2.05, 4.69) is 17.2 Å². The monoisotopic (exact) mass is 280 g/mol. The maximum absolute atomic E-state index is 12.1. The number of phenols is 1. The van der Waals surface area contributed by atoms with E-state index in [1.54, 1.807) is 36.4 Å². The van der Waals surface area contributed by atoms with Gasteiger partial charge in [-0.3, -0.25) is 4.79 Å². The number of hydrogen-bond donors (Lipinski definition) is 3. The van der Waals surface area contributed by atoms with E-state index in [0.717, 1.165) is 11.1 Å². The van der Waals surface area contributed by atoms with Crippen molar-refractivity contribution in [2.75, 3.05) is 11.9 Å². The summed E-state index contributed by atoms with van der Waals surface area (Å²) in [7, 11) is 0. The molecule has 0 aliphatic rings. The molecule has 0 heterocycles. The smallest absolute Gasteiger partial charge is 0.259 e. The van der Waals surface area contributed by atoms with Crippen LogP contribution in [0.5, 0.6) is 5.75 Å². The van der Waals surface area contributed by atoms with Crippen LogP contribution >= 0.6 is 0 Å². The lowest BCUT2D eigenvalue weighted by atomic mass is 10.1. The van der Waals surface area contributed by atoms with Crippen LogP contribution in [0.4, 0.5) is 5.69 Å². The molecule has 2 rings (SSSR count). The summed E-state index contributed by atoms with van der Waals surface area (Å²) >= 11 is 0. The normalized spacial score (nSPS) is 9.62. The van der Waals surface area contributed by atoms with Crippen molar-refractivity contribution >= 4 is 11.6 Å². The van der Waals surface area contributed by atoms with E-state index in [-0.39, 0.29) is 17.2 Å². The maximum Gasteiger partial charge on any atom is 0.259 e. The van der Waals surface area contributed by atoms with Gasteiger partial charge in [0, 0.05) is 11.3 Å². The van der Waals surface area contributed by atoms with E-state index in [1.165, 1.54) is 6.07 Å². The van der Waals surface area contributed by atoms with Crippen molar-refractivity contribution < 1.29 is 9.90 Å². The highest BCUT2D eigenvalue weighted by Crippen LogP contribution is 2.20. The largest absolute Gasteiger partial charge is 0.507 e. The van der Waals surface area contributed by atoms with E-state index >= 15 is 0 Å². The van der Waals surface area contributed by atoms with Crippen LogP contribution in [0.25, 0.3) is 0 Å². The SMILES string of the molecule is Cc1ccc(O)c(C(=O)Nc2ccc(C#CCN)cc2)c1. The van der Waals surface area contributed by atoms with E-state index < -0.39 is 0 Å². The highest BCUT2D eigenvalue weighted by atomic mass is 16.3. The second-order valence-electron chi connectivity index (χ2n) is 4.56. The molecular formula is C17H16N2O2. The molecule has 0 saturated heterocycles. The summed E-state index contributed by atoms with van der Waals surface area (Å²) in [5.41, 5.74) is 7.94. The van der Waals surface area contributed by atoms with Gasteiger partial charge < -0.3 is 16.2 Å². The fraction of sp³-hybridized carbons (Fsp3) is 0.118. The molecule has 0 aromatic heterocycles. The molecule has 0 atom stereocenters. The van der Waals surface area contributed by atoms with E-state index in [9.17, 15) is 9.90 Å². The minimum atomic E-state index is -0.350. The summed E-state index contributed by atoms with van der Waals surface area (Å²) in [5, 5.41) is 12.5. The molecule has 21 heavy (non-hydrogen) atoms. The third-order valence-electron chi connectivity index (χ3n) is 2.87. The zero-order valence-corrected chi connectivity index (χ0v) is 11.7. The molecule has 0 unspecified atom stereocenters. The summed E-state index contributed by atoms with van der Waals surface area (Å²) in [6, 6.07) is 12.0. The molecule has 106 valence electrons. The summed E-state index contributed by atoms with van der Waals surface area (Å²) in [4.78, 5) is 12.1. The number of phenolic OH excluding ortho intramolecular Hbond substituents is 1. The third kappa shape index (κ3) is 3.85. The number of nitrogens with one attached hydrogen (secondary N) is 1. The van der Waals surface area contributed by atoms with Gasteiger partial charge in [-0.25, -0.2) is 0 Å². The minimum absolute atomic E-state index is 0.0384. The van der Waals surface area contributed by atoms with Crippen LogP contribution in [-0.2, 0) is 0 Å². The highest BCUT2D eigenvalue weighted by Gasteiger charge is 2.11. The first-order chi connectivity index (χ1) is 10.1. The number of rotatable bonds is 2. The van der Waals surface area contributed by atoms with E-state index in [4.69, 9.17) is 5.73 Å². The minimum Gasteiger partial charge on any atom is -0.507 e. The van der Waals surface area contributed by atoms with Gasteiger partial charge >= 0.3 is 0 Å². The second-order valence-corrected chi connectivity index (χ2v) is 4.56. The lowest BCUT2D eigenvalue weighted by Crippen LogP contribution is -2.12. The number of aryl methyl sites for hydroxylation is 1. The second kappa shape index (κ2) is 6.60. The first-order valence-electron chi connectivity index (χ1n) is 6.50. The highest BCUT2D eigenvalue weighted by molar-refractivity contribution is 6.06. The summed E-state index contributed by atoms with van der Waals surface area (Å²) in [6.07, 6.45) is 0. The van der Waals surface area contributed by atoms with Crippen molar-refractivity contribution in [2.24, 2.45) is 5.73 Å². The lowest BCUT2D eigenvalue weighted by Gasteiger charge is -2.07. The molecule has 4 N–H and O–H groups in total. The van der Waals surface area contributed by atoms with Crippen molar-refractivity contribution in [3.8, 4) is 17.6 Å². The number of hydrogen-bond acceptors (Lipinski definition) is 3. The third-order valence-corrected chi connectivity index (χ3v) is 2.87. The Hall–Kier alpha value is -2.77. The van der Waals surface area contributed by atoms with Gasteiger partial charge in [0.25, 0.3) is 5.91 Å². The number of carbonyl (C=O) groups excluding carboxylic acids is 1. The Morgan fingerprint density at radius 3 is 2.62 bits per heavy atom. The van der Waals surface area contributed by atoms with E-state index in [1.807, 2.05) is 6.92 Å². The van der Waals surface area contributed by atoms with Crippen LogP contribution in [0.1, 0.15) is 21.5 Å².